The molecule has 0 aliphatic rings. The third kappa shape index (κ3) is 6.09. The molecular formula is C22H20F2N2O4S. The normalized spacial score (nSPS) is 12.2. The number of anilines is 1. The first-order valence-electron chi connectivity index (χ1n) is 9.29. The fourth-order valence-corrected chi connectivity index (χ4v) is 3.99. The summed E-state index contributed by atoms with van der Waals surface area (Å²) in [5.41, 5.74) is 0.528. The van der Waals surface area contributed by atoms with Crippen molar-refractivity contribution in [2.45, 2.75) is 17.9 Å². The first-order valence-corrected chi connectivity index (χ1v) is 10.8. The number of amides is 1. The standard InChI is InChI=1S/C22H20F2N2O4S/c1-15(16-5-3-2-4-6-16)26-31(28,29)19-10-8-18(9-11-19)30-14-22(27)25-21-13-17(23)7-12-20(21)24/h2-13,15,26H,14H2,1H3,(H,25,27). The minimum Gasteiger partial charge on any atom is -0.484 e. The number of hydrogen-bond donors (Lipinski definition) is 2. The van der Waals surface area contributed by atoms with Gasteiger partial charge in [-0.25, -0.2) is 21.9 Å². The number of sulfonamides is 1. The smallest absolute Gasteiger partial charge is 0.262 e. The largest absolute Gasteiger partial charge is 0.484 e. The molecule has 0 aliphatic carbocycles. The molecule has 0 saturated heterocycles. The van der Waals surface area contributed by atoms with Crippen LogP contribution >= 0.6 is 0 Å². The van der Waals surface area contributed by atoms with Crippen LogP contribution in [0, 0.1) is 11.6 Å². The molecule has 9 heteroatoms. The van der Waals surface area contributed by atoms with Gasteiger partial charge in [0.25, 0.3) is 5.91 Å². The first-order chi connectivity index (χ1) is 14.7. The molecule has 0 bridgehead atoms. The van der Waals surface area contributed by atoms with E-state index in [9.17, 15) is 22.0 Å². The maximum Gasteiger partial charge on any atom is 0.262 e. The number of carbonyl (C=O) groups is 1. The van der Waals surface area contributed by atoms with Crippen LogP contribution in [-0.2, 0) is 14.8 Å². The van der Waals surface area contributed by atoms with Crippen LogP contribution < -0.4 is 14.8 Å². The molecule has 6 nitrogen and oxygen atoms in total. The predicted octanol–water partition coefficient (Wildman–Crippen LogP) is 4.02. The highest BCUT2D eigenvalue weighted by Crippen LogP contribution is 2.20. The summed E-state index contributed by atoms with van der Waals surface area (Å²) in [7, 11) is -3.77. The van der Waals surface area contributed by atoms with Gasteiger partial charge in [-0.05, 0) is 48.9 Å². The molecule has 31 heavy (non-hydrogen) atoms. The monoisotopic (exact) mass is 446 g/mol. The maximum absolute atomic E-state index is 13.6. The lowest BCUT2D eigenvalue weighted by Crippen LogP contribution is -2.26. The Morgan fingerprint density at radius 1 is 1.00 bits per heavy atom. The van der Waals surface area contributed by atoms with Crippen LogP contribution in [0.4, 0.5) is 14.5 Å². The van der Waals surface area contributed by atoms with Gasteiger partial charge in [0.15, 0.2) is 6.61 Å². The van der Waals surface area contributed by atoms with Crippen LogP contribution in [0.5, 0.6) is 5.75 Å². The molecule has 0 aromatic heterocycles. The van der Waals surface area contributed by atoms with Crippen LogP contribution in [0.3, 0.4) is 0 Å². The van der Waals surface area contributed by atoms with Gasteiger partial charge in [-0.3, -0.25) is 4.79 Å². The van der Waals surface area contributed by atoms with Gasteiger partial charge in [-0.2, -0.15) is 0 Å². The summed E-state index contributed by atoms with van der Waals surface area (Å²) in [5, 5.41) is 2.21. The molecular weight excluding hydrogens is 426 g/mol. The fraction of sp³-hybridized carbons (Fsp3) is 0.136. The summed E-state index contributed by atoms with van der Waals surface area (Å²) < 4.78 is 59.7. The Labute approximate surface area is 178 Å². The Hall–Kier alpha value is -3.30. The summed E-state index contributed by atoms with van der Waals surface area (Å²) in [6.45, 7) is 1.27. The van der Waals surface area contributed by atoms with Crippen LogP contribution in [0.1, 0.15) is 18.5 Å². The Morgan fingerprint density at radius 3 is 2.35 bits per heavy atom. The molecule has 0 aliphatic heterocycles. The second-order valence-electron chi connectivity index (χ2n) is 6.69. The number of hydrogen-bond acceptors (Lipinski definition) is 4. The Balaban J connectivity index is 1.58. The van der Waals surface area contributed by atoms with Crippen molar-refractivity contribution in [2.24, 2.45) is 0 Å². The minimum absolute atomic E-state index is 0.0360. The molecule has 3 aromatic carbocycles. The molecule has 3 aromatic rings. The SMILES string of the molecule is CC(NS(=O)(=O)c1ccc(OCC(=O)Nc2cc(F)ccc2F)cc1)c1ccccc1. The molecule has 0 spiro atoms. The van der Waals surface area contributed by atoms with Crippen LogP contribution in [0.2, 0.25) is 0 Å². The fourth-order valence-electron chi connectivity index (χ4n) is 2.75. The molecule has 1 atom stereocenters. The average molecular weight is 446 g/mol. The summed E-state index contributed by atoms with van der Waals surface area (Å²) in [6, 6.07) is 16.9. The van der Waals surface area contributed by atoms with E-state index in [4.69, 9.17) is 4.74 Å². The van der Waals surface area contributed by atoms with E-state index in [1.807, 2.05) is 30.3 Å². The zero-order chi connectivity index (χ0) is 22.4. The van der Waals surface area contributed by atoms with Crippen LogP contribution in [0.15, 0.2) is 77.7 Å². The molecule has 1 unspecified atom stereocenters. The molecule has 162 valence electrons. The average Bonchev–Trinajstić information content (AvgIpc) is 2.75. The van der Waals surface area contributed by atoms with E-state index in [2.05, 4.69) is 10.0 Å². The highest BCUT2D eigenvalue weighted by Gasteiger charge is 2.18. The van der Waals surface area contributed by atoms with Crippen LogP contribution in [-0.4, -0.2) is 20.9 Å². The Morgan fingerprint density at radius 2 is 1.68 bits per heavy atom. The number of benzene rings is 3. The van der Waals surface area contributed by atoms with Crippen molar-refractivity contribution in [2.75, 3.05) is 11.9 Å². The zero-order valence-corrected chi connectivity index (χ0v) is 17.3. The van der Waals surface area contributed by atoms with Gasteiger partial charge in [0.1, 0.15) is 17.4 Å². The van der Waals surface area contributed by atoms with Crippen molar-refractivity contribution in [3.63, 3.8) is 0 Å². The van der Waals surface area contributed by atoms with Crippen molar-refractivity contribution in [3.05, 3.63) is 90.0 Å². The second kappa shape index (κ2) is 9.67. The van der Waals surface area contributed by atoms with E-state index >= 15 is 0 Å². The van der Waals surface area contributed by atoms with Crippen molar-refractivity contribution in [1.29, 1.82) is 0 Å². The topological polar surface area (TPSA) is 84.5 Å². The van der Waals surface area contributed by atoms with E-state index in [1.165, 1.54) is 24.3 Å². The maximum atomic E-state index is 13.6. The number of ether oxygens (including phenoxy) is 1. The Bertz CT molecular complexity index is 1150. The van der Waals surface area contributed by atoms with Gasteiger partial charge in [0.05, 0.1) is 10.6 Å². The van der Waals surface area contributed by atoms with Crippen LogP contribution in [0.25, 0.3) is 0 Å². The lowest BCUT2D eigenvalue weighted by Gasteiger charge is -2.15. The molecule has 3 rings (SSSR count). The van der Waals surface area contributed by atoms with E-state index in [0.29, 0.717) is 0 Å². The predicted molar refractivity (Wildman–Crippen MR) is 112 cm³/mol. The second-order valence-corrected chi connectivity index (χ2v) is 8.40. The third-order valence-electron chi connectivity index (χ3n) is 4.34. The van der Waals surface area contributed by atoms with Gasteiger partial charge in [-0.15, -0.1) is 0 Å². The molecule has 0 radical (unpaired) electrons. The summed E-state index contributed by atoms with van der Waals surface area (Å²) in [6.07, 6.45) is 0. The molecule has 0 fully saturated rings. The highest BCUT2D eigenvalue weighted by atomic mass is 32.2. The van der Waals surface area contributed by atoms with Gasteiger partial charge < -0.3 is 10.1 Å². The summed E-state index contributed by atoms with van der Waals surface area (Å²) >= 11 is 0. The number of halogens is 2. The summed E-state index contributed by atoms with van der Waals surface area (Å²) in [5.74, 6) is -1.92. The lowest BCUT2D eigenvalue weighted by molar-refractivity contribution is -0.118. The quantitative estimate of drug-likeness (QED) is 0.547. The molecule has 0 heterocycles. The van der Waals surface area contributed by atoms with E-state index in [-0.39, 0.29) is 16.3 Å². The third-order valence-corrected chi connectivity index (χ3v) is 5.89. The number of rotatable bonds is 8. The van der Waals surface area contributed by atoms with Crippen molar-refractivity contribution in [3.8, 4) is 5.75 Å². The molecule has 0 saturated carbocycles. The van der Waals surface area contributed by atoms with Gasteiger partial charge in [0, 0.05) is 12.1 Å². The van der Waals surface area contributed by atoms with E-state index < -0.39 is 40.2 Å². The van der Waals surface area contributed by atoms with Gasteiger partial charge in [0.2, 0.25) is 10.0 Å². The van der Waals surface area contributed by atoms with Crippen molar-refractivity contribution in [1.82, 2.24) is 4.72 Å². The minimum atomic E-state index is -3.77. The molecule has 2 N–H and O–H groups in total. The highest BCUT2D eigenvalue weighted by molar-refractivity contribution is 7.89. The van der Waals surface area contributed by atoms with Crippen molar-refractivity contribution < 1.29 is 26.7 Å². The number of nitrogens with one attached hydrogen (secondary N) is 2. The Kier molecular flexibility index (Phi) is 6.98. The number of carbonyl (C=O) groups excluding carboxylic acids is 1. The van der Waals surface area contributed by atoms with Crippen molar-refractivity contribution >= 4 is 21.6 Å². The lowest BCUT2D eigenvalue weighted by atomic mass is 10.1. The van der Waals surface area contributed by atoms with Gasteiger partial charge >= 0.3 is 0 Å². The van der Waals surface area contributed by atoms with E-state index in [0.717, 1.165) is 23.8 Å². The molecule has 1 amide bonds. The zero-order valence-electron chi connectivity index (χ0n) is 16.5. The summed E-state index contributed by atoms with van der Waals surface area (Å²) in [4.78, 5) is 11.9. The van der Waals surface area contributed by atoms with E-state index in [1.54, 1.807) is 6.92 Å². The van der Waals surface area contributed by atoms with Gasteiger partial charge in [-0.1, -0.05) is 30.3 Å². The first kappa shape index (κ1) is 22.4.